The molecule has 0 aliphatic heterocycles. The highest BCUT2D eigenvalue weighted by molar-refractivity contribution is 6.33. The maximum absolute atomic E-state index is 13.8. The largest absolute Gasteiger partial charge is 0.377 e. The second-order valence-corrected chi connectivity index (χ2v) is 8.32. The summed E-state index contributed by atoms with van der Waals surface area (Å²) in [5, 5.41) is 3.22. The molecule has 3 aromatic carbocycles. The van der Waals surface area contributed by atoms with E-state index in [-0.39, 0.29) is 30.7 Å². The maximum Gasteiger partial charge on any atom is 0.255 e. The van der Waals surface area contributed by atoms with Crippen LogP contribution in [0.2, 0.25) is 5.02 Å². The van der Waals surface area contributed by atoms with Crippen molar-refractivity contribution in [2.45, 2.75) is 26.4 Å². The summed E-state index contributed by atoms with van der Waals surface area (Å²) in [6.07, 6.45) is 0.363. The van der Waals surface area contributed by atoms with Gasteiger partial charge in [-0.3, -0.25) is 9.59 Å². The van der Waals surface area contributed by atoms with Crippen LogP contribution in [0.15, 0.2) is 66.7 Å². The molecule has 2 amide bonds. The fraction of sp³-hybridized carbons (Fsp3) is 0.231. The van der Waals surface area contributed by atoms with Gasteiger partial charge >= 0.3 is 0 Å². The number of rotatable bonds is 8. The van der Waals surface area contributed by atoms with Crippen molar-refractivity contribution in [2.24, 2.45) is 0 Å². The van der Waals surface area contributed by atoms with Crippen molar-refractivity contribution in [2.75, 3.05) is 24.3 Å². The molecule has 3 rings (SSSR count). The molecule has 172 valence electrons. The van der Waals surface area contributed by atoms with Gasteiger partial charge in [0.15, 0.2) is 0 Å². The summed E-state index contributed by atoms with van der Waals surface area (Å²) in [4.78, 5) is 29.0. The van der Waals surface area contributed by atoms with E-state index in [1.165, 1.54) is 12.1 Å². The SMILES string of the molecule is CCC(=O)Nc1ccc(N(C)C)c(CN(Cc2cccc(F)c2)C(=O)c2ccccc2Cl)c1. The Bertz CT molecular complexity index is 1150. The second-order valence-electron chi connectivity index (χ2n) is 7.91. The lowest BCUT2D eigenvalue weighted by Gasteiger charge is -2.27. The molecule has 0 fully saturated rings. The first-order valence-corrected chi connectivity index (χ1v) is 11.0. The Morgan fingerprint density at radius 3 is 2.39 bits per heavy atom. The van der Waals surface area contributed by atoms with E-state index in [1.54, 1.807) is 48.2 Å². The monoisotopic (exact) mass is 467 g/mol. The van der Waals surface area contributed by atoms with Gasteiger partial charge in [0.25, 0.3) is 5.91 Å². The number of hydrogen-bond donors (Lipinski definition) is 1. The minimum atomic E-state index is -0.365. The molecule has 7 heteroatoms. The Morgan fingerprint density at radius 1 is 0.970 bits per heavy atom. The van der Waals surface area contributed by atoms with Crippen molar-refractivity contribution >= 4 is 34.8 Å². The first-order valence-electron chi connectivity index (χ1n) is 10.7. The number of carbonyl (C=O) groups excluding carboxylic acids is 2. The van der Waals surface area contributed by atoms with Gasteiger partial charge < -0.3 is 15.1 Å². The predicted molar refractivity (Wildman–Crippen MR) is 131 cm³/mol. The summed E-state index contributed by atoms with van der Waals surface area (Å²) in [5.41, 5.74) is 3.43. The highest BCUT2D eigenvalue weighted by Gasteiger charge is 2.21. The average molecular weight is 468 g/mol. The van der Waals surface area contributed by atoms with Crippen LogP contribution in [-0.2, 0) is 17.9 Å². The van der Waals surface area contributed by atoms with Crippen molar-refractivity contribution in [3.63, 3.8) is 0 Å². The van der Waals surface area contributed by atoms with Gasteiger partial charge in [0.2, 0.25) is 5.91 Å². The summed E-state index contributed by atoms with van der Waals surface area (Å²) < 4.78 is 13.8. The molecular weight excluding hydrogens is 441 g/mol. The van der Waals surface area contributed by atoms with E-state index in [9.17, 15) is 14.0 Å². The number of halogens is 2. The van der Waals surface area contributed by atoms with Crippen molar-refractivity contribution in [3.05, 3.63) is 94.3 Å². The zero-order valence-electron chi connectivity index (χ0n) is 18.9. The number of amides is 2. The van der Waals surface area contributed by atoms with Crippen molar-refractivity contribution < 1.29 is 14.0 Å². The van der Waals surface area contributed by atoms with Gasteiger partial charge in [0, 0.05) is 45.0 Å². The van der Waals surface area contributed by atoms with Gasteiger partial charge in [-0.05, 0) is 53.6 Å². The number of anilines is 2. The van der Waals surface area contributed by atoms with Crippen molar-refractivity contribution in [1.82, 2.24) is 4.90 Å². The number of nitrogens with zero attached hydrogens (tertiary/aromatic N) is 2. The van der Waals surface area contributed by atoms with Gasteiger partial charge in [-0.15, -0.1) is 0 Å². The van der Waals surface area contributed by atoms with E-state index in [0.29, 0.717) is 28.3 Å². The van der Waals surface area contributed by atoms with Crippen LogP contribution in [0, 0.1) is 5.82 Å². The van der Waals surface area contributed by atoms with Gasteiger partial charge in [-0.2, -0.15) is 0 Å². The molecule has 0 saturated heterocycles. The Balaban J connectivity index is 2.01. The fourth-order valence-corrected chi connectivity index (χ4v) is 3.76. The fourth-order valence-electron chi connectivity index (χ4n) is 3.54. The van der Waals surface area contributed by atoms with Crippen LogP contribution in [0.1, 0.15) is 34.8 Å². The summed E-state index contributed by atoms with van der Waals surface area (Å²) in [5.74, 6) is -0.726. The minimum Gasteiger partial charge on any atom is -0.377 e. The number of benzene rings is 3. The molecule has 0 bridgehead atoms. The van der Waals surface area contributed by atoms with Crippen LogP contribution >= 0.6 is 11.6 Å². The highest BCUT2D eigenvalue weighted by Crippen LogP contribution is 2.27. The average Bonchev–Trinajstić information content (AvgIpc) is 2.78. The van der Waals surface area contributed by atoms with Gasteiger partial charge in [-0.1, -0.05) is 42.8 Å². The molecule has 5 nitrogen and oxygen atoms in total. The smallest absolute Gasteiger partial charge is 0.255 e. The van der Waals surface area contributed by atoms with Gasteiger partial charge in [0.05, 0.1) is 10.6 Å². The molecule has 1 N–H and O–H groups in total. The van der Waals surface area contributed by atoms with Crippen LogP contribution in [0.3, 0.4) is 0 Å². The van der Waals surface area contributed by atoms with Crippen molar-refractivity contribution in [1.29, 1.82) is 0 Å². The highest BCUT2D eigenvalue weighted by atomic mass is 35.5. The summed E-state index contributed by atoms with van der Waals surface area (Å²) in [6, 6.07) is 18.6. The summed E-state index contributed by atoms with van der Waals surface area (Å²) in [7, 11) is 3.83. The minimum absolute atomic E-state index is 0.0951. The lowest BCUT2D eigenvalue weighted by Crippen LogP contribution is -2.31. The lowest BCUT2D eigenvalue weighted by atomic mass is 10.1. The topological polar surface area (TPSA) is 52.7 Å². The molecule has 0 aromatic heterocycles. The molecule has 0 heterocycles. The third-order valence-corrected chi connectivity index (χ3v) is 5.51. The first-order chi connectivity index (χ1) is 15.8. The van der Waals surface area contributed by atoms with Crippen LogP contribution in [0.25, 0.3) is 0 Å². The zero-order valence-corrected chi connectivity index (χ0v) is 19.7. The molecular formula is C26H27ClFN3O2. The molecule has 33 heavy (non-hydrogen) atoms. The molecule has 0 aliphatic carbocycles. The molecule has 0 atom stereocenters. The Kier molecular flexibility index (Phi) is 8.06. The second kappa shape index (κ2) is 11.0. The van der Waals surface area contributed by atoms with E-state index in [0.717, 1.165) is 11.3 Å². The molecule has 0 radical (unpaired) electrons. The first kappa shape index (κ1) is 24.3. The summed E-state index contributed by atoms with van der Waals surface area (Å²) in [6.45, 7) is 2.22. The molecule has 0 aliphatic rings. The quantitative estimate of drug-likeness (QED) is 0.460. The summed E-state index contributed by atoms with van der Waals surface area (Å²) >= 11 is 6.31. The zero-order chi connectivity index (χ0) is 24.0. The number of nitrogens with one attached hydrogen (secondary N) is 1. The standard InChI is InChI=1S/C26H27ClFN3O2/c1-4-25(32)29-21-12-13-24(30(2)3)19(15-21)17-31(16-18-8-7-9-20(28)14-18)26(33)22-10-5-6-11-23(22)27/h5-15H,4,16-17H2,1-3H3,(H,29,32). The predicted octanol–water partition coefficient (Wildman–Crippen LogP) is 5.74. The molecule has 0 unspecified atom stereocenters. The van der Waals surface area contributed by atoms with E-state index in [1.807, 2.05) is 37.2 Å². The number of hydrogen-bond acceptors (Lipinski definition) is 3. The third kappa shape index (κ3) is 6.33. The lowest BCUT2D eigenvalue weighted by molar-refractivity contribution is -0.115. The Morgan fingerprint density at radius 2 is 1.73 bits per heavy atom. The van der Waals surface area contributed by atoms with Crippen LogP contribution in [0.5, 0.6) is 0 Å². The van der Waals surface area contributed by atoms with E-state index in [4.69, 9.17) is 11.6 Å². The normalized spacial score (nSPS) is 10.6. The number of carbonyl (C=O) groups is 2. The maximum atomic E-state index is 13.8. The molecule has 0 saturated carbocycles. The van der Waals surface area contributed by atoms with E-state index < -0.39 is 0 Å². The van der Waals surface area contributed by atoms with E-state index >= 15 is 0 Å². The van der Waals surface area contributed by atoms with Crippen LogP contribution in [-0.4, -0.2) is 30.8 Å². The third-order valence-electron chi connectivity index (χ3n) is 5.18. The Labute approximate surface area is 198 Å². The Hall–Kier alpha value is -3.38. The van der Waals surface area contributed by atoms with Gasteiger partial charge in [-0.25, -0.2) is 4.39 Å². The van der Waals surface area contributed by atoms with Crippen LogP contribution < -0.4 is 10.2 Å². The molecule has 0 spiro atoms. The van der Waals surface area contributed by atoms with Crippen LogP contribution in [0.4, 0.5) is 15.8 Å². The van der Waals surface area contributed by atoms with E-state index in [2.05, 4.69) is 5.32 Å². The van der Waals surface area contributed by atoms with Crippen molar-refractivity contribution in [3.8, 4) is 0 Å². The van der Waals surface area contributed by atoms with Gasteiger partial charge in [0.1, 0.15) is 5.82 Å². The molecule has 3 aromatic rings.